The fraction of sp³-hybridized carbons (Fsp3) is 0.600. The first-order valence-electron chi connectivity index (χ1n) is 9.00. The lowest BCUT2D eigenvalue weighted by atomic mass is 9.99. The van der Waals surface area contributed by atoms with Crippen molar-refractivity contribution in [3.63, 3.8) is 0 Å². The highest BCUT2D eigenvalue weighted by atomic mass is 16.7. The normalized spacial score (nSPS) is 29.8. The van der Waals surface area contributed by atoms with E-state index in [1.807, 2.05) is 0 Å². The Morgan fingerprint density at radius 3 is 2.50 bits per heavy atom. The topological polar surface area (TPSA) is 140 Å². The van der Waals surface area contributed by atoms with Gasteiger partial charge in [-0.2, -0.15) is 0 Å². The molecule has 6 N–H and O–H groups in total. The van der Waals surface area contributed by atoms with Crippen LogP contribution in [0.1, 0.15) is 19.8 Å². The van der Waals surface area contributed by atoms with Gasteiger partial charge in [0.1, 0.15) is 36.6 Å². The van der Waals surface area contributed by atoms with E-state index in [1.165, 1.54) is 6.08 Å². The molecule has 0 aliphatic carbocycles. The van der Waals surface area contributed by atoms with Crippen molar-refractivity contribution < 1.29 is 40.1 Å². The van der Waals surface area contributed by atoms with Crippen LogP contribution >= 0.6 is 0 Å². The Morgan fingerprint density at radius 2 is 1.86 bits per heavy atom. The number of ether oxygens (including phenoxy) is 2. The first-order chi connectivity index (χ1) is 13.5. The first-order valence-corrected chi connectivity index (χ1v) is 9.00. The lowest BCUT2D eigenvalue weighted by molar-refractivity contribution is -0.311. The maximum Gasteiger partial charge on any atom is 0.187 e. The number of aliphatic hydroxyl groups is 6. The van der Waals surface area contributed by atoms with Gasteiger partial charge in [-0.15, -0.1) is 0 Å². The number of rotatable bonds is 8. The van der Waals surface area contributed by atoms with Crippen molar-refractivity contribution in [3.8, 4) is 23.7 Å². The predicted molar refractivity (Wildman–Crippen MR) is 100 cm³/mol. The van der Waals surface area contributed by atoms with Crippen LogP contribution in [0.25, 0.3) is 0 Å². The average molecular weight is 396 g/mol. The van der Waals surface area contributed by atoms with Gasteiger partial charge in [0.2, 0.25) is 0 Å². The Hall–Kier alpha value is -1.72. The van der Waals surface area contributed by atoms with Crippen LogP contribution in [0.3, 0.4) is 0 Å². The van der Waals surface area contributed by atoms with Gasteiger partial charge in [-0.1, -0.05) is 30.1 Å². The van der Waals surface area contributed by atoms with Crippen LogP contribution in [0.4, 0.5) is 0 Å². The molecule has 156 valence electrons. The standard InChI is InChI=1S/C20H28O8/c1-2-3-4-5-7-10-14(23)15(11-8-6-9-12-21)27-20-19(26)18(25)17(24)16(13-22)28-20/h2-3,8,11,14-26H,6,9,12-13H2,1H3/b3-2+,11-8+/t14?,15?,16-,17-,18+,19-,20-/m1/s1. The van der Waals surface area contributed by atoms with Gasteiger partial charge in [-0.05, 0) is 37.7 Å². The van der Waals surface area contributed by atoms with Gasteiger partial charge in [-0.25, -0.2) is 0 Å². The van der Waals surface area contributed by atoms with E-state index < -0.39 is 49.5 Å². The fourth-order valence-electron chi connectivity index (χ4n) is 2.35. The fourth-order valence-corrected chi connectivity index (χ4v) is 2.35. The summed E-state index contributed by atoms with van der Waals surface area (Å²) in [5.41, 5.74) is 0. The number of allylic oxidation sites excluding steroid dienone is 3. The molecule has 0 aromatic carbocycles. The van der Waals surface area contributed by atoms with Gasteiger partial charge in [0.05, 0.1) is 6.61 Å². The third-order valence-electron chi connectivity index (χ3n) is 3.91. The van der Waals surface area contributed by atoms with Crippen molar-refractivity contribution in [2.24, 2.45) is 0 Å². The van der Waals surface area contributed by atoms with Gasteiger partial charge in [-0.3, -0.25) is 0 Å². The molecule has 7 atom stereocenters. The molecule has 1 aliphatic heterocycles. The molecule has 0 radical (unpaired) electrons. The van der Waals surface area contributed by atoms with Crippen molar-refractivity contribution >= 4 is 0 Å². The molecule has 0 amide bonds. The van der Waals surface area contributed by atoms with Crippen LogP contribution in [0.5, 0.6) is 0 Å². The highest BCUT2D eigenvalue weighted by Crippen LogP contribution is 2.23. The summed E-state index contributed by atoms with van der Waals surface area (Å²) in [7, 11) is 0. The molecule has 0 saturated carbocycles. The minimum atomic E-state index is -1.60. The van der Waals surface area contributed by atoms with E-state index in [4.69, 9.17) is 14.6 Å². The smallest absolute Gasteiger partial charge is 0.187 e. The first kappa shape index (κ1) is 24.3. The van der Waals surface area contributed by atoms with Crippen LogP contribution < -0.4 is 0 Å². The Kier molecular flexibility index (Phi) is 11.7. The highest BCUT2D eigenvalue weighted by Gasteiger charge is 2.45. The van der Waals surface area contributed by atoms with E-state index in [2.05, 4.69) is 23.7 Å². The van der Waals surface area contributed by atoms with Gasteiger partial charge in [0.15, 0.2) is 6.29 Å². The molecule has 1 saturated heterocycles. The van der Waals surface area contributed by atoms with Crippen molar-refractivity contribution in [2.45, 2.75) is 62.7 Å². The van der Waals surface area contributed by atoms with E-state index in [0.717, 1.165) is 0 Å². The number of hydrogen-bond donors (Lipinski definition) is 6. The van der Waals surface area contributed by atoms with Crippen LogP contribution in [0.15, 0.2) is 24.3 Å². The molecular weight excluding hydrogens is 368 g/mol. The Balaban J connectivity index is 2.92. The summed E-state index contributed by atoms with van der Waals surface area (Å²) in [6.45, 7) is 1.22. The molecule has 0 aromatic heterocycles. The van der Waals surface area contributed by atoms with Crippen molar-refractivity contribution in [2.75, 3.05) is 13.2 Å². The van der Waals surface area contributed by atoms with Gasteiger partial charge in [0.25, 0.3) is 0 Å². The maximum absolute atomic E-state index is 10.3. The van der Waals surface area contributed by atoms with E-state index in [9.17, 15) is 25.5 Å². The predicted octanol–water partition coefficient (Wildman–Crippen LogP) is -1.56. The van der Waals surface area contributed by atoms with Crippen LogP contribution in [-0.2, 0) is 9.47 Å². The summed E-state index contributed by atoms with van der Waals surface area (Å²) in [5.74, 6) is 10.2. The molecule has 0 spiro atoms. The summed E-state index contributed by atoms with van der Waals surface area (Å²) in [5, 5.41) is 58.2. The zero-order chi connectivity index (χ0) is 20.9. The Morgan fingerprint density at radius 1 is 1.11 bits per heavy atom. The van der Waals surface area contributed by atoms with Crippen LogP contribution in [0, 0.1) is 23.7 Å². The Labute approximate surface area is 164 Å². The van der Waals surface area contributed by atoms with Crippen molar-refractivity contribution in [1.82, 2.24) is 0 Å². The minimum Gasteiger partial charge on any atom is -0.396 e. The van der Waals surface area contributed by atoms with Gasteiger partial charge in [0, 0.05) is 6.61 Å². The van der Waals surface area contributed by atoms with Crippen molar-refractivity contribution in [3.05, 3.63) is 24.3 Å². The van der Waals surface area contributed by atoms with Gasteiger partial charge < -0.3 is 40.1 Å². The van der Waals surface area contributed by atoms with E-state index >= 15 is 0 Å². The largest absolute Gasteiger partial charge is 0.396 e. The molecule has 8 nitrogen and oxygen atoms in total. The summed E-state index contributed by atoms with van der Waals surface area (Å²) in [6, 6.07) is 0. The molecule has 1 aliphatic rings. The Bertz CT molecular complexity index is 622. The van der Waals surface area contributed by atoms with Crippen LogP contribution in [-0.4, -0.2) is 86.8 Å². The summed E-state index contributed by atoms with van der Waals surface area (Å²) in [4.78, 5) is 0. The molecule has 0 bridgehead atoms. The molecule has 28 heavy (non-hydrogen) atoms. The van der Waals surface area contributed by atoms with E-state index in [0.29, 0.717) is 12.8 Å². The van der Waals surface area contributed by atoms with Crippen molar-refractivity contribution in [1.29, 1.82) is 0 Å². The second-order valence-corrected chi connectivity index (χ2v) is 6.08. The lowest BCUT2D eigenvalue weighted by Gasteiger charge is -2.40. The molecule has 2 unspecified atom stereocenters. The van der Waals surface area contributed by atoms with E-state index in [1.54, 1.807) is 25.2 Å². The monoisotopic (exact) mass is 396 g/mol. The number of hydrogen-bond acceptors (Lipinski definition) is 8. The zero-order valence-electron chi connectivity index (χ0n) is 15.7. The quantitative estimate of drug-likeness (QED) is 0.165. The van der Waals surface area contributed by atoms with Crippen LogP contribution in [0.2, 0.25) is 0 Å². The third-order valence-corrected chi connectivity index (χ3v) is 3.91. The molecule has 1 heterocycles. The van der Waals surface area contributed by atoms with Gasteiger partial charge >= 0.3 is 0 Å². The van der Waals surface area contributed by atoms with E-state index in [-0.39, 0.29) is 6.61 Å². The molecule has 8 heteroatoms. The second-order valence-electron chi connectivity index (χ2n) is 6.08. The number of aliphatic hydroxyl groups excluding tert-OH is 6. The summed E-state index contributed by atoms with van der Waals surface area (Å²) < 4.78 is 10.9. The summed E-state index contributed by atoms with van der Waals surface area (Å²) in [6.07, 6.45) is -2.07. The molecule has 0 aromatic rings. The SMILES string of the molecule is C/C=C/C#CC#CC(O)C(/C=C/CCCO)O[C@@H]1O[C@H](CO)[C@@H](O)[C@H](O)[C@H]1O. The highest BCUT2D eigenvalue weighted by molar-refractivity contribution is 5.32. The average Bonchev–Trinajstić information content (AvgIpc) is 2.69. The zero-order valence-corrected chi connectivity index (χ0v) is 15.7. The third kappa shape index (κ3) is 7.72. The second kappa shape index (κ2) is 13.5. The lowest BCUT2D eigenvalue weighted by Crippen LogP contribution is -2.60. The maximum atomic E-state index is 10.3. The molecule has 1 rings (SSSR count). The molecule has 1 fully saturated rings. The molecular formula is C20H28O8. The summed E-state index contributed by atoms with van der Waals surface area (Å²) >= 11 is 0. The number of unbranched alkanes of at least 4 members (excludes halogenated alkanes) is 1. The minimum absolute atomic E-state index is 0.00543.